The van der Waals surface area contributed by atoms with Crippen molar-refractivity contribution in [1.29, 1.82) is 0 Å². The van der Waals surface area contributed by atoms with Crippen molar-refractivity contribution in [2.24, 2.45) is 0 Å². The standard InChI is InChI=1S/C16H16ClNO5S/c1-11-5-3-4-6-14(11)18-24(20,21)12-7-8-15(13(17)9-12)23-10-16(19)22-2/h3-9,18H,10H2,1-2H3. The molecule has 0 radical (unpaired) electrons. The first-order valence-electron chi connectivity index (χ1n) is 6.91. The lowest BCUT2D eigenvalue weighted by atomic mass is 10.2. The van der Waals surface area contributed by atoms with Crippen LogP contribution < -0.4 is 9.46 Å². The van der Waals surface area contributed by atoms with Gasteiger partial charge in [0, 0.05) is 0 Å². The molecule has 2 aromatic carbocycles. The van der Waals surface area contributed by atoms with Crippen LogP contribution in [0.15, 0.2) is 47.4 Å². The highest BCUT2D eigenvalue weighted by molar-refractivity contribution is 7.92. The molecule has 0 spiro atoms. The van der Waals surface area contributed by atoms with Gasteiger partial charge in [0.1, 0.15) is 5.75 Å². The van der Waals surface area contributed by atoms with Gasteiger partial charge in [-0.1, -0.05) is 29.8 Å². The molecule has 0 aliphatic carbocycles. The molecule has 2 rings (SSSR count). The van der Waals surface area contributed by atoms with E-state index in [-0.39, 0.29) is 22.3 Å². The average Bonchev–Trinajstić information content (AvgIpc) is 2.55. The number of ether oxygens (including phenoxy) is 2. The first-order chi connectivity index (χ1) is 11.3. The van der Waals surface area contributed by atoms with Crippen LogP contribution in [-0.2, 0) is 19.6 Å². The number of rotatable bonds is 6. The molecule has 0 amide bonds. The summed E-state index contributed by atoms with van der Waals surface area (Å²) >= 11 is 6.03. The largest absolute Gasteiger partial charge is 0.480 e. The monoisotopic (exact) mass is 369 g/mol. The molecule has 0 atom stereocenters. The van der Waals surface area contributed by atoms with Crippen LogP contribution in [0.25, 0.3) is 0 Å². The van der Waals surface area contributed by atoms with Crippen molar-refractivity contribution >= 4 is 33.3 Å². The number of nitrogens with one attached hydrogen (secondary N) is 1. The maximum Gasteiger partial charge on any atom is 0.343 e. The van der Waals surface area contributed by atoms with Crippen molar-refractivity contribution in [3.63, 3.8) is 0 Å². The summed E-state index contributed by atoms with van der Waals surface area (Å²) in [5, 5.41) is 0.0755. The number of benzene rings is 2. The summed E-state index contributed by atoms with van der Waals surface area (Å²) in [6, 6.07) is 11.0. The van der Waals surface area contributed by atoms with Gasteiger partial charge in [0.25, 0.3) is 10.0 Å². The number of methoxy groups -OCH3 is 1. The molecule has 2 aromatic rings. The number of hydrogen-bond donors (Lipinski definition) is 1. The lowest BCUT2D eigenvalue weighted by Gasteiger charge is -2.12. The van der Waals surface area contributed by atoms with Gasteiger partial charge in [0.2, 0.25) is 0 Å². The number of aryl methyl sites for hydroxylation is 1. The van der Waals surface area contributed by atoms with Crippen molar-refractivity contribution in [3.8, 4) is 5.75 Å². The minimum atomic E-state index is -3.79. The number of carbonyl (C=O) groups excluding carboxylic acids is 1. The molecule has 0 saturated carbocycles. The summed E-state index contributed by atoms with van der Waals surface area (Å²) in [6.07, 6.45) is 0. The first kappa shape index (κ1) is 18.1. The van der Waals surface area contributed by atoms with Crippen LogP contribution in [0.4, 0.5) is 5.69 Å². The molecule has 0 unspecified atom stereocenters. The summed E-state index contributed by atoms with van der Waals surface area (Å²) in [6.45, 7) is 1.48. The fourth-order valence-electron chi connectivity index (χ4n) is 1.85. The number of halogens is 1. The van der Waals surface area contributed by atoms with E-state index >= 15 is 0 Å². The molecular weight excluding hydrogens is 354 g/mol. The van der Waals surface area contributed by atoms with E-state index in [1.807, 2.05) is 6.07 Å². The Bertz CT molecular complexity index is 851. The molecule has 1 N–H and O–H groups in total. The molecule has 0 bridgehead atoms. The molecule has 0 heterocycles. The second kappa shape index (κ2) is 7.55. The van der Waals surface area contributed by atoms with Crippen molar-refractivity contribution in [2.75, 3.05) is 18.4 Å². The number of carbonyl (C=O) groups is 1. The van der Waals surface area contributed by atoms with Crippen LogP contribution in [0.5, 0.6) is 5.75 Å². The van der Waals surface area contributed by atoms with Gasteiger partial charge < -0.3 is 9.47 Å². The first-order valence-corrected chi connectivity index (χ1v) is 8.77. The fourth-order valence-corrected chi connectivity index (χ4v) is 3.31. The fraction of sp³-hybridized carbons (Fsp3) is 0.188. The molecule has 24 heavy (non-hydrogen) atoms. The third-order valence-corrected chi connectivity index (χ3v) is 4.83. The van der Waals surface area contributed by atoms with Gasteiger partial charge >= 0.3 is 5.97 Å². The van der Waals surface area contributed by atoms with Gasteiger partial charge in [-0.3, -0.25) is 4.72 Å². The zero-order valence-electron chi connectivity index (χ0n) is 13.1. The Balaban J connectivity index is 2.21. The van der Waals surface area contributed by atoms with Crippen molar-refractivity contribution < 1.29 is 22.7 Å². The van der Waals surface area contributed by atoms with Crippen LogP contribution >= 0.6 is 11.6 Å². The number of para-hydroxylation sites is 1. The summed E-state index contributed by atoms with van der Waals surface area (Å²) in [4.78, 5) is 11.0. The summed E-state index contributed by atoms with van der Waals surface area (Å²) in [5.41, 5.74) is 1.28. The second-order valence-corrected chi connectivity index (χ2v) is 6.97. The van der Waals surface area contributed by atoms with Crippen molar-refractivity contribution in [1.82, 2.24) is 0 Å². The Labute approximate surface area is 145 Å². The third-order valence-electron chi connectivity index (χ3n) is 3.18. The molecule has 0 fully saturated rings. The quantitative estimate of drug-likeness (QED) is 0.791. The van der Waals surface area contributed by atoms with Gasteiger partial charge in [-0.05, 0) is 36.8 Å². The maximum atomic E-state index is 12.4. The lowest BCUT2D eigenvalue weighted by molar-refractivity contribution is -0.142. The minimum absolute atomic E-state index is 0.0128. The Morgan fingerprint density at radius 3 is 2.54 bits per heavy atom. The summed E-state index contributed by atoms with van der Waals surface area (Å²) in [7, 11) is -2.56. The van der Waals surface area contributed by atoms with Crippen LogP contribution in [0.3, 0.4) is 0 Å². The predicted molar refractivity (Wildman–Crippen MR) is 91.0 cm³/mol. The van der Waals surface area contributed by atoms with E-state index in [0.29, 0.717) is 5.69 Å². The van der Waals surface area contributed by atoms with Gasteiger partial charge in [0.15, 0.2) is 6.61 Å². The Hall–Kier alpha value is -2.25. The summed E-state index contributed by atoms with van der Waals surface area (Å²) in [5.74, 6) is -0.374. The lowest BCUT2D eigenvalue weighted by Crippen LogP contribution is -2.15. The Morgan fingerprint density at radius 1 is 1.21 bits per heavy atom. The molecule has 0 aliphatic rings. The topological polar surface area (TPSA) is 81.7 Å². The third kappa shape index (κ3) is 4.39. The van der Waals surface area contributed by atoms with E-state index in [1.54, 1.807) is 25.1 Å². The van der Waals surface area contributed by atoms with E-state index in [0.717, 1.165) is 5.56 Å². The highest BCUT2D eigenvalue weighted by Gasteiger charge is 2.17. The van der Waals surface area contributed by atoms with E-state index in [4.69, 9.17) is 16.3 Å². The minimum Gasteiger partial charge on any atom is -0.480 e. The second-order valence-electron chi connectivity index (χ2n) is 4.88. The van der Waals surface area contributed by atoms with Crippen molar-refractivity contribution in [3.05, 3.63) is 53.1 Å². The van der Waals surface area contributed by atoms with Gasteiger partial charge in [-0.25, -0.2) is 13.2 Å². The number of anilines is 1. The molecule has 128 valence electrons. The highest BCUT2D eigenvalue weighted by atomic mass is 35.5. The molecule has 0 aromatic heterocycles. The van der Waals surface area contributed by atoms with Gasteiger partial charge in [-0.2, -0.15) is 0 Å². The van der Waals surface area contributed by atoms with Crippen LogP contribution in [0, 0.1) is 6.92 Å². The zero-order chi connectivity index (χ0) is 17.7. The normalized spacial score (nSPS) is 11.0. The SMILES string of the molecule is COC(=O)COc1ccc(S(=O)(=O)Nc2ccccc2C)cc1Cl. The smallest absolute Gasteiger partial charge is 0.343 e. The summed E-state index contributed by atoms with van der Waals surface area (Å²) < 4.78 is 37.0. The number of hydrogen-bond acceptors (Lipinski definition) is 5. The molecule has 0 saturated heterocycles. The zero-order valence-corrected chi connectivity index (χ0v) is 14.6. The Morgan fingerprint density at radius 2 is 1.92 bits per heavy atom. The van der Waals surface area contributed by atoms with Gasteiger partial charge in [-0.15, -0.1) is 0 Å². The van der Waals surface area contributed by atoms with Gasteiger partial charge in [0.05, 0.1) is 22.7 Å². The van der Waals surface area contributed by atoms with E-state index in [2.05, 4.69) is 9.46 Å². The molecule has 8 heteroatoms. The van der Waals surface area contributed by atoms with E-state index in [1.165, 1.54) is 25.3 Å². The van der Waals surface area contributed by atoms with Crippen LogP contribution in [0.2, 0.25) is 5.02 Å². The van der Waals surface area contributed by atoms with Crippen LogP contribution in [-0.4, -0.2) is 28.1 Å². The van der Waals surface area contributed by atoms with E-state index in [9.17, 15) is 13.2 Å². The molecule has 6 nitrogen and oxygen atoms in total. The number of sulfonamides is 1. The maximum absolute atomic E-state index is 12.4. The van der Waals surface area contributed by atoms with Crippen molar-refractivity contribution in [2.45, 2.75) is 11.8 Å². The van der Waals surface area contributed by atoms with Crippen LogP contribution in [0.1, 0.15) is 5.56 Å². The van der Waals surface area contributed by atoms with E-state index < -0.39 is 16.0 Å². The predicted octanol–water partition coefficient (Wildman–Crippen LogP) is 3.00. The average molecular weight is 370 g/mol. The highest BCUT2D eigenvalue weighted by Crippen LogP contribution is 2.28. The molecular formula is C16H16ClNO5S. The molecule has 0 aliphatic heterocycles. The Kier molecular flexibility index (Phi) is 5.69. The number of esters is 1.